The summed E-state index contributed by atoms with van der Waals surface area (Å²) in [4.78, 5) is 43.5. The van der Waals surface area contributed by atoms with Gasteiger partial charge in [0.1, 0.15) is 33.9 Å². The number of carbonyl (C=O) groups is 2. The molecule has 0 fully saturated rings. The largest absolute Gasteiger partial charge is 0.497 e. The number of hydrogen-bond donors (Lipinski definition) is 1. The van der Waals surface area contributed by atoms with Crippen molar-refractivity contribution in [3.63, 3.8) is 0 Å². The Balaban J connectivity index is 1.90. The number of nitrogens with zero attached hydrogens (tertiary/aromatic N) is 2. The fourth-order valence-corrected chi connectivity index (χ4v) is 4.20. The molecule has 0 bridgehead atoms. The zero-order valence-electron chi connectivity index (χ0n) is 19.0. The molecule has 33 heavy (non-hydrogen) atoms. The number of aryl methyl sites for hydroxylation is 1. The molecule has 11 heteroatoms. The van der Waals surface area contributed by atoms with Crippen LogP contribution in [0.25, 0.3) is 10.2 Å². The topological polar surface area (TPSA) is 118 Å². The molecule has 1 unspecified atom stereocenters. The molecule has 0 aliphatic carbocycles. The van der Waals surface area contributed by atoms with Gasteiger partial charge in [-0.3, -0.25) is 14.2 Å². The van der Waals surface area contributed by atoms with Crippen molar-refractivity contribution in [2.24, 2.45) is 0 Å². The van der Waals surface area contributed by atoms with E-state index in [0.717, 1.165) is 11.3 Å². The monoisotopic (exact) mass is 475 g/mol. The van der Waals surface area contributed by atoms with Gasteiger partial charge in [-0.15, -0.1) is 11.3 Å². The maximum absolute atomic E-state index is 13.2. The van der Waals surface area contributed by atoms with Gasteiger partial charge in [0.25, 0.3) is 5.56 Å². The van der Waals surface area contributed by atoms with Crippen LogP contribution in [0.4, 0.5) is 5.69 Å². The van der Waals surface area contributed by atoms with Gasteiger partial charge in [0.15, 0.2) is 0 Å². The van der Waals surface area contributed by atoms with E-state index >= 15 is 0 Å². The fraction of sp³-hybridized carbons (Fsp3) is 0.364. The number of hydrogen-bond acceptors (Lipinski definition) is 9. The maximum atomic E-state index is 13.2. The molecule has 3 aromatic rings. The molecule has 1 atom stereocenters. The molecular formula is C22H25N3O7S. The van der Waals surface area contributed by atoms with E-state index in [4.69, 9.17) is 18.9 Å². The van der Waals surface area contributed by atoms with Crippen LogP contribution in [0.2, 0.25) is 0 Å². The number of fused-ring (bicyclic) bond motifs is 1. The lowest BCUT2D eigenvalue weighted by molar-refractivity contribution is -0.118. The summed E-state index contributed by atoms with van der Waals surface area (Å²) < 4.78 is 21.8. The average molecular weight is 476 g/mol. The highest BCUT2D eigenvalue weighted by atomic mass is 32.1. The van der Waals surface area contributed by atoms with Gasteiger partial charge >= 0.3 is 5.97 Å². The summed E-state index contributed by atoms with van der Waals surface area (Å²) in [5.41, 5.74) is 0.444. The zero-order valence-corrected chi connectivity index (χ0v) is 19.8. The quantitative estimate of drug-likeness (QED) is 0.371. The highest BCUT2D eigenvalue weighted by Gasteiger charge is 2.24. The summed E-state index contributed by atoms with van der Waals surface area (Å²) in [6.45, 7) is 3.61. The van der Waals surface area contributed by atoms with E-state index < -0.39 is 23.5 Å². The van der Waals surface area contributed by atoms with Gasteiger partial charge in [0, 0.05) is 13.2 Å². The second-order valence-corrected chi connectivity index (χ2v) is 8.05. The van der Waals surface area contributed by atoms with Gasteiger partial charge in [0.2, 0.25) is 5.91 Å². The number of anilines is 1. The second kappa shape index (κ2) is 10.5. The number of esters is 1. The normalized spacial score (nSPS) is 11.8. The fourth-order valence-electron chi connectivity index (χ4n) is 3.17. The van der Waals surface area contributed by atoms with E-state index in [1.54, 1.807) is 32.0 Å². The molecular weight excluding hydrogens is 450 g/mol. The molecule has 0 aliphatic rings. The standard InChI is InChI=1S/C22H25N3O7S/c1-12-17-20(33-18(12)22(28)32-9-8-29-3)23-11-25(21(17)27)13(2)19(26)24-15-10-14(30-4)6-7-16(15)31-5/h6-7,10-11,13H,8-9H2,1-5H3,(H,24,26). The van der Waals surface area contributed by atoms with Crippen molar-refractivity contribution in [2.75, 3.05) is 39.9 Å². The first-order chi connectivity index (χ1) is 15.8. The Kier molecular flexibility index (Phi) is 7.67. The van der Waals surface area contributed by atoms with Crippen LogP contribution < -0.4 is 20.3 Å². The summed E-state index contributed by atoms with van der Waals surface area (Å²) in [6, 6.07) is 4.11. The minimum absolute atomic E-state index is 0.103. The van der Waals surface area contributed by atoms with E-state index in [1.807, 2.05) is 0 Å². The molecule has 0 radical (unpaired) electrons. The van der Waals surface area contributed by atoms with Crippen molar-refractivity contribution < 1.29 is 28.5 Å². The number of methoxy groups -OCH3 is 3. The number of carbonyl (C=O) groups excluding carboxylic acids is 2. The van der Waals surface area contributed by atoms with Crippen molar-refractivity contribution in [1.29, 1.82) is 0 Å². The van der Waals surface area contributed by atoms with Crippen LogP contribution in [0.3, 0.4) is 0 Å². The van der Waals surface area contributed by atoms with Gasteiger partial charge in [-0.05, 0) is 31.5 Å². The van der Waals surface area contributed by atoms with Crippen molar-refractivity contribution in [1.82, 2.24) is 9.55 Å². The Morgan fingerprint density at radius 1 is 1.18 bits per heavy atom. The van der Waals surface area contributed by atoms with E-state index in [-0.39, 0.29) is 18.6 Å². The van der Waals surface area contributed by atoms with Crippen LogP contribution in [0.15, 0.2) is 29.3 Å². The maximum Gasteiger partial charge on any atom is 0.348 e. The first-order valence-electron chi connectivity index (χ1n) is 10.0. The summed E-state index contributed by atoms with van der Waals surface area (Å²) in [5.74, 6) is -0.00769. The number of aromatic nitrogens is 2. The van der Waals surface area contributed by atoms with Crippen molar-refractivity contribution in [2.45, 2.75) is 19.9 Å². The minimum atomic E-state index is -0.887. The number of ether oxygens (including phenoxy) is 4. The Labute approximate surface area is 194 Å². The summed E-state index contributed by atoms with van der Waals surface area (Å²) in [7, 11) is 4.51. The molecule has 1 amide bonds. The average Bonchev–Trinajstić information content (AvgIpc) is 3.16. The van der Waals surface area contributed by atoms with Gasteiger partial charge in [-0.2, -0.15) is 0 Å². The third-order valence-corrected chi connectivity index (χ3v) is 6.22. The molecule has 1 N–H and O–H groups in total. The number of thiophene rings is 1. The molecule has 0 spiro atoms. The van der Waals surface area contributed by atoms with Crippen LogP contribution in [0.1, 0.15) is 28.2 Å². The van der Waals surface area contributed by atoms with Gasteiger partial charge in [-0.25, -0.2) is 9.78 Å². The van der Waals surface area contributed by atoms with Crippen LogP contribution in [0, 0.1) is 6.92 Å². The summed E-state index contributed by atoms with van der Waals surface area (Å²) >= 11 is 1.07. The highest BCUT2D eigenvalue weighted by molar-refractivity contribution is 7.20. The molecule has 1 aromatic carbocycles. The SMILES string of the molecule is COCCOC(=O)c1sc2ncn(C(C)C(=O)Nc3cc(OC)ccc3OC)c(=O)c2c1C. The van der Waals surface area contributed by atoms with Gasteiger partial charge in [-0.1, -0.05) is 0 Å². The first-order valence-corrected chi connectivity index (χ1v) is 10.8. The van der Waals surface area contributed by atoms with E-state index in [2.05, 4.69) is 10.3 Å². The lowest BCUT2D eigenvalue weighted by Gasteiger charge is -2.17. The number of nitrogens with one attached hydrogen (secondary N) is 1. The Hall–Kier alpha value is -3.44. The summed E-state index contributed by atoms with van der Waals surface area (Å²) in [6.07, 6.45) is 1.30. The van der Waals surface area contributed by atoms with Crippen LogP contribution in [-0.4, -0.2) is 56.0 Å². The molecule has 2 heterocycles. The predicted molar refractivity (Wildman–Crippen MR) is 124 cm³/mol. The number of rotatable bonds is 9. The second-order valence-electron chi connectivity index (χ2n) is 7.05. The molecule has 2 aromatic heterocycles. The third kappa shape index (κ3) is 4.99. The Morgan fingerprint density at radius 2 is 1.94 bits per heavy atom. The Bertz CT molecular complexity index is 1230. The van der Waals surface area contributed by atoms with Crippen molar-refractivity contribution >= 4 is 39.1 Å². The number of amides is 1. The predicted octanol–water partition coefficient (Wildman–Crippen LogP) is 2.79. The van der Waals surface area contributed by atoms with E-state index in [1.165, 1.54) is 32.2 Å². The number of benzene rings is 1. The Morgan fingerprint density at radius 3 is 2.61 bits per heavy atom. The summed E-state index contributed by atoms with van der Waals surface area (Å²) in [5, 5.41) is 3.04. The minimum Gasteiger partial charge on any atom is -0.497 e. The van der Waals surface area contributed by atoms with Gasteiger partial charge in [0.05, 0.1) is 38.2 Å². The van der Waals surface area contributed by atoms with Crippen molar-refractivity contribution in [3.8, 4) is 11.5 Å². The molecule has 176 valence electrons. The smallest absolute Gasteiger partial charge is 0.348 e. The first kappa shape index (κ1) is 24.2. The zero-order chi connectivity index (χ0) is 24.1. The molecule has 10 nitrogen and oxygen atoms in total. The molecule has 0 saturated heterocycles. The lowest BCUT2D eigenvalue weighted by Crippen LogP contribution is -2.32. The third-order valence-electron chi connectivity index (χ3n) is 5.04. The van der Waals surface area contributed by atoms with Crippen molar-refractivity contribution in [3.05, 3.63) is 45.3 Å². The van der Waals surface area contributed by atoms with E-state index in [0.29, 0.717) is 32.5 Å². The van der Waals surface area contributed by atoms with Crippen LogP contribution >= 0.6 is 11.3 Å². The lowest BCUT2D eigenvalue weighted by atomic mass is 10.2. The molecule has 0 aliphatic heterocycles. The molecule has 3 rings (SSSR count). The highest BCUT2D eigenvalue weighted by Crippen LogP contribution is 2.30. The van der Waals surface area contributed by atoms with Crippen LogP contribution in [-0.2, 0) is 14.3 Å². The molecule has 0 saturated carbocycles. The van der Waals surface area contributed by atoms with Gasteiger partial charge < -0.3 is 24.3 Å². The van der Waals surface area contributed by atoms with Crippen LogP contribution in [0.5, 0.6) is 11.5 Å². The van der Waals surface area contributed by atoms with E-state index in [9.17, 15) is 14.4 Å².